The SMILES string of the molecule is CC(C)CNCC(O)CN1CCC2C(CCCN2C)C1. The summed E-state index contributed by atoms with van der Waals surface area (Å²) in [6, 6.07) is 0.788. The van der Waals surface area contributed by atoms with Gasteiger partial charge in [0.25, 0.3) is 0 Å². The minimum Gasteiger partial charge on any atom is -0.390 e. The van der Waals surface area contributed by atoms with Crippen LogP contribution in [0.15, 0.2) is 0 Å². The average Bonchev–Trinajstić information content (AvgIpc) is 2.38. The van der Waals surface area contributed by atoms with Gasteiger partial charge in [-0.15, -0.1) is 0 Å². The van der Waals surface area contributed by atoms with Gasteiger partial charge in [0.1, 0.15) is 0 Å². The summed E-state index contributed by atoms with van der Waals surface area (Å²) in [6.45, 7) is 10.5. The van der Waals surface area contributed by atoms with Crippen molar-refractivity contribution in [2.24, 2.45) is 11.8 Å². The number of nitrogens with one attached hydrogen (secondary N) is 1. The molecule has 2 aliphatic heterocycles. The molecular formula is C16H33N3O. The molecule has 20 heavy (non-hydrogen) atoms. The van der Waals surface area contributed by atoms with Crippen molar-refractivity contribution in [1.82, 2.24) is 15.1 Å². The Kier molecular flexibility index (Phi) is 6.27. The number of aliphatic hydroxyl groups is 1. The van der Waals surface area contributed by atoms with Crippen molar-refractivity contribution < 1.29 is 5.11 Å². The maximum Gasteiger partial charge on any atom is 0.0791 e. The van der Waals surface area contributed by atoms with Gasteiger partial charge in [0.15, 0.2) is 0 Å². The monoisotopic (exact) mass is 283 g/mol. The zero-order valence-corrected chi connectivity index (χ0v) is 13.5. The predicted molar refractivity (Wildman–Crippen MR) is 83.9 cm³/mol. The molecule has 0 amide bonds. The summed E-state index contributed by atoms with van der Waals surface area (Å²) in [6.07, 6.45) is 3.75. The number of fused-ring (bicyclic) bond motifs is 1. The Morgan fingerprint density at radius 3 is 2.75 bits per heavy atom. The van der Waals surface area contributed by atoms with Crippen LogP contribution >= 0.6 is 0 Å². The average molecular weight is 283 g/mol. The number of rotatable bonds is 6. The van der Waals surface area contributed by atoms with Gasteiger partial charge in [0.05, 0.1) is 6.10 Å². The molecule has 4 heteroatoms. The number of aliphatic hydroxyl groups excluding tert-OH is 1. The molecule has 0 aliphatic carbocycles. The van der Waals surface area contributed by atoms with Crippen LogP contribution in [0, 0.1) is 11.8 Å². The van der Waals surface area contributed by atoms with Crippen molar-refractivity contribution in [1.29, 1.82) is 0 Å². The van der Waals surface area contributed by atoms with Crippen molar-refractivity contribution in [2.45, 2.75) is 45.3 Å². The number of hydrogen-bond donors (Lipinski definition) is 2. The molecule has 3 atom stereocenters. The second-order valence-electron chi connectivity index (χ2n) is 7.20. The van der Waals surface area contributed by atoms with Gasteiger partial charge in [-0.2, -0.15) is 0 Å². The van der Waals surface area contributed by atoms with E-state index in [2.05, 4.69) is 36.0 Å². The molecule has 0 spiro atoms. The van der Waals surface area contributed by atoms with Crippen molar-refractivity contribution in [3.8, 4) is 0 Å². The standard InChI is InChI=1S/C16H33N3O/c1-13(2)9-17-10-15(20)12-19-8-6-16-14(11-19)5-4-7-18(16)3/h13-17,20H,4-12H2,1-3H3. The van der Waals surface area contributed by atoms with E-state index in [1.54, 1.807) is 0 Å². The van der Waals surface area contributed by atoms with Crippen LogP contribution in [0.25, 0.3) is 0 Å². The molecule has 118 valence electrons. The van der Waals surface area contributed by atoms with Crippen LogP contribution in [0.4, 0.5) is 0 Å². The van der Waals surface area contributed by atoms with Crippen LogP contribution in [0.5, 0.6) is 0 Å². The molecule has 2 heterocycles. The minimum absolute atomic E-state index is 0.230. The molecule has 2 N–H and O–H groups in total. The fraction of sp³-hybridized carbons (Fsp3) is 1.00. The first-order chi connectivity index (χ1) is 9.56. The van der Waals surface area contributed by atoms with Crippen molar-refractivity contribution in [3.63, 3.8) is 0 Å². The molecule has 2 rings (SSSR count). The molecule has 0 bridgehead atoms. The van der Waals surface area contributed by atoms with Crippen LogP contribution in [0.2, 0.25) is 0 Å². The van der Waals surface area contributed by atoms with Crippen LogP contribution in [-0.2, 0) is 0 Å². The first-order valence-corrected chi connectivity index (χ1v) is 8.37. The van der Waals surface area contributed by atoms with Crippen molar-refractivity contribution >= 4 is 0 Å². The fourth-order valence-corrected chi connectivity index (χ4v) is 3.79. The molecule has 4 nitrogen and oxygen atoms in total. The van der Waals surface area contributed by atoms with Gasteiger partial charge in [0.2, 0.25) is 0 Å². The van der Waals surface area contributed by atoms with E-state index in [9.17, 15) is 5.11 Å². The Balaban J connectivity index is 1.69. The summed E-state index contributed by atoms with van der Waals surface area (Å²) in [5.74, 6) is 1.47. The lowest BCUT2D eigenvalue weighted by Gasteiger charge is -2.46. The molecule has 0 saturated carbocycles. The largest absolute Gasteiger partial charge is 0.390 e. The first kappa shape index (κ1) is 16.2. The molecule has 0 radical (unpaired) electrons. The summed E-state index contributed by atoms with van der Waals surface area (Å²) in [4.78, 5) is 5.02. The van der Waals surface area contributed by atoms with Crippen molar-refractivity contribution in [3.05, 3.63) is 0 Å². The smallest absolute Gasteiger partial charge is 0.0791 e. The number of piperidine rings is 2. The van der Waals surface area contributed by atoms with E-state index in [1.807, 2.05) is 0 Å². The van der Waals surface area contributed by atoms with E-state index in [4.69, 9.17) is 0 Å². The predicted octanol–water partition coefficient (Wildman–Crippen LogP) is 1.01. The number of β-amino-alcohol motifs (C(OH)–C–C–N with tert-alkyl or cyclic N) is 1. The quantitative estimate of drug-likeness (QED) is 0.763. The first-order valence-electron chi connectivity index (χ1n) is 8.37. The molecule has 3 unspecified atom stereocenters. The van der Waals surface area contributed by atoms with E-state index in [0.717, 1.165) is 38.1 Å². The third kappa shape index (κ3) is 4.69. The zero-order valence-electron chi connectivity index (χ0n) is 13.5. The van der Waals surface area contributed by atoms with E-state index in [-0.39, 0.29) is 6.10 Å². The van der Waals surface area contributed by atoms with Gasteiger partial charge >= 0.3 is 0 Å². The number of hydrogen-bond acceptors (Lipinski definition) is 4. The minimum atomic E-state index is -0.230. The summed E-state index contributed by atoms with van der Waals surface area (Å²) in [5, 5.41) is 13.5. The summed E-state index contributed by atoms with van der Waals surface area (Å²) >= 11 is 0. The molecule has 2 saturated heterocycles. The molecular weight excluding hydrogens is 250 g/mol. The second kappa shape index (κ2) is 7.74. The summed E-state index contributed by atoms with van der Waals surface area (Å²) in [5.41, 5.74) is 0. The second-order valence-corrected chi connectivity index (χ2v) is 7.20. The van der Waals surface area contributed by atoms with Gasteiger partial charge in [-0.3, -0.25) is 0 Å². The van der Waals surface area contributed by atoms with E-state index < -0.39 is 0 Å². The van der Waals surface area contributed by atoms with Crippen LogP contribution in [0.3, 0.4) is 0 Å². The van der Waals surface area contributed by atoms with Gasteiger partial charge in [-0.1, -0.05) is 13.8 Å². The topological polar surface area (TPSA) is 38.7 Å². The van der Waals surface area contributed by atoms with E-state index in [1.165, 1.54) is 32.4 Å². The summed E-state index contributed by atoms with van der Waals surface area (Å²) < 4.78 is 0. The molecule has 2 aliphatic rings. The number of nitrogens with zero attached hydrogens (tertiary/aromatic N) is 2. The molecule has 2 fully saturated rings. The number of likely N-dealkylation sites (tertiary alicyclic amines) is 2. The van der Waals surface area contributed by atoms with Crippen molar-refractivity contribution in [2.75, 3.05) is 46.3 Å². The van der Waals surface area contributed by atoms with Gasteiger partial charge in [0, 0.05) is 25.7 Å². The third-order valence-corrected chi connectivity index (χ3v) is 4.83. The van der Waals surface area contributed by atoms with Gasteiger partial charge < -0.3 is 20.2 Å². The zero-order chi connectivity index (χ0) is 14.5. The van der Waals surface area contributed by atoms with Crippen LogP contribution < -0.4 is 5.32 Å². The lowest BCUT2D eigenvalue weighted by molar-refractivity contribution is 0.0179. The maximum absolute atomic E-state index is 10.1. The van der Waals surface area contributed by atoms with Gasteiger partial charge in [-0.05, 0) is 57.8 Å². The van der Waals surface area contributed by atoms with Crippen LogP contribution in [-0.4, -0.2) is 73.4 Å². The Morgan fingerprint density at radius 1 is 1.20 bits per heavy atom. The summed E-state index contributed by atoms with van der Waals surface area (Å²) in [7, 11) is 2.27. The van der Waals surface area contributed by atoms with Gasteiger partial charge in [-0.25, -0.2) is 0 Å². The Hall–Kier alpha value is -0.160. The Bertz CT molecular complexity index is 285. The Morgan fingerprint density at radius 2 is 2.00 bits per heavy atom. The third-order valence-electron chi connectivity index (χ3n) is 4.83. The lowest BCUT2D eigenvalue weighted by Crippen LogP contribution is -2.54. The lowest BCUT2D eigenvalue weighted by atomic mass is 9.84. The van der Waals surface area contributed by atoms with E-state index in [0.29, 0.717) is 5.92 Å². The highest BCUT2D eigenvalue weighted by molar-refractivity contribution is 4.89. The normalized spacial score (nSPS) is 30.4. The maximum atomic E-state index is 10.1. The molecule has 0 aromatic rings. The molecule has 0 aromatic heterocycles. The highest BCUT2D eigenvalue weighted by atomic mass is 16.3. The Labute approximate surface area is 124 Å². The van der Waals surface area contributed by atoms with Crippen LogP contribution in [0.1, 0.15) is 33.1 Å². The van der Waals surface area contributed by atoms with E-state index >= 15 is 0 Å². The highest BCUT2D eigenvalue weighted by Crippen LogP contribution is 2.29. The fourth-order valence-electron chi connectivity index (χ4n) is 3.79. The molecule has 0 aromatic carbocycles. The highest BCUT2D eigenvalue weighted by Gasteiger charge is 2.34.